The summed E-state index contributed by atoms with van der Waals surface area (Å²) in [5.41, 5.74) is 1.50. The molecule has 1 aliphatic heterocycles. The van der Waals surface area contributed by atoms with Crippen molar-refractivity contribution >= 4 is 5.69 Å². The lowest BCUT2D eigenvalue weighted by atomic mass is 9.46. The van der Waals surface area contributed by atoms with Gasteiger partial charge in [-0.2, -0.15) is 0 Å². The van der Waals surface area contributed by atoms with Crippen LogP contribution >= 0.6 is 0 Å². The molecule has 132 valence electrons. The average Bonchev–Trinajstić information content (AvgIpc) is 3.23. The molecule has 1 aromatic heterocycles. The maximum Gasteiger partial charge on any atom is 0.142 e. The minimum absolute atomic E-state index is 0.380. The number of rotatable bonds is 6. The molecule has 2 aromatic rings. The van der Waals surface area contributed by atoms with Crippen molar-refractivity contribution in [3.05, 3.63) is 43.0 Å². The van der Waals surface area contributed by atoms with Crippen LogP contribution in [0, 0.1) is 11.3 Å². The van der Waals surface area contributed by atoms with E-state index in [1.807, 2.05) is 23.2 Å². The van der Waals surface area contributed by atoms with E-state index < -0.39 is 0 Å². The van der Waals surface area contributed by atoms with Gasteiger partial charge in [-0.05, 0) is 31.4 Å². The van der Waals surface area contributed by atoms with Crippen LogP contribution < -0.4 is 10.1 Å². The summed E-state index contributed by atoms with van der Waals surface area (Å²) in [7, 11) is 0. The molecule has 0 unspecified atom stereocenters. The summed E-state index contributed by atoms with van der Waals surface area (Å²) >= 11 is 0. The van der Waals surface area contributed by atoms with Gasteiger partial charge in [0.1, 0.15) is 12.4 Å². The zero-order valence-electron chi connectivity index (χ0n) is 14.4. The van der Waals surface area contributed by atoms with Gasteiger partial charge in [0.05, 0.1) is 24.7 Å². The molecule has 0 bridgehead atoms. The van der Waals surface area contributed by atoms with E-state index in [-0.39, 0.29) is 0 Å². The number of nitrogens with one attached hydrogen (secondary N) is 1. The highest BCUT2D eigenvalue weighted by Crippen LogP contribution is 2.63. The number of benzene rings is 1. The highest BCUT2D eigenvalue weighted by Gasteiger charge is 2.66. The van der Waals surface area contributed by atoms with Gasteiger partial charge >= 0.3 is 0 Å². The quantitative estimate of drug-likeness (QED) is 0.877. The molecule has 5 nitrogen and oxygen atoms in total. The fourth-order valence-electron chi connectivity index (χ4n) is 5.02. The Morgan fingerprint density at radius 3 is 3.04 bits per heavy atom. The summed E-state index contributed by atoms with van der Waals surface area (Å²) in [4.78, 5) is 4.07. The second-order valence-corrected chi connectivity index (χ2v) is 7.60. The molecule has 3 fully saturated rings. The number of imidazole rings is 1. The lowest BCUT2D eigenvalue weighted by Gasteiger charge is -2.63. The maximum absolute atomic E-state index is 6.07. The smallest absolute Gasteiger partial charge is 0.142 e. The van der Waals surface area contributed by atoms with Gasteiger partial charge in [-0.15, -0.1) is 0 Å². The third-order valence-corrected chi connectivity index (χ3v) is 6.40. The highest BCUT2D eigenvalue weighted by atomic mass is 16.5. The molecule has 2 aliphatic carbocycles. The van der Waals surface area contributed by atoms with E-state index in [4.69, 9.17) is 9.47 Å². The lowest BCUT2D eigenvalue weighted by Crippen LogP contribution is -2.68. The van der Waals surface area contributed by atoms with Crippen LogP contribution in [0.1, 0.15) is 25.7 Å². The van der Waals surface area contributed by atoms with Crippen molar-refractivity contribution in [3.8, 4) is 5.75 Å². The van der Waals surface area contributed by atoms with Crippen molar-refractivity contribution in [1.29, 1.82) is 0 Å². The number of nitrogens with zero attached hydrogens (tertiary/aromatic N) is 2. The number of para-hydroxylation sites is 2. The standard InChI is InChI=1S/C20H25N3O2/c1-2-5-17(24-13-11-23-10-9-21-14-23)16(4-1)22-18-15-6-12-25-19(15)20(18)7-3-8-20/h1-2,4-5,9-10,14-15,18-19,22H,3,6-8,11-13H2/t15-,18+,19-/m0/s1. The molecule has 2 heterocycles. The first-order valence-electron chi connectivity index (χ1n) is 9.42. The van der Waals surface area contributed by atoms with E-state index in [0.29, 0.717) is 30.1 Å². The monoisotopic (exact) mass is 339 g/mol. The van der Waals surface area contributed by atoms with Gasteiger partial charge < -0.3 is 19.4 Å². The van der Waals surface area contributed by atoms with Crippen LogP contribution in [-0.2, 0) is 11.3 Å². The fraction of sp³-hybridized carbons (Fsp3) is 0.550. The first-order chi connectivity index (χ1) is 12.4. The first kappa shape index (κ1) is 15.3. The van der Waals surface area contributed by atoms with Crippen LogP contribution in [0.3, 0.4) is 0 Å². The molecule has 1 spiro atoms. The Bertz CT molecular complexity index is 726. The molecule has 5 heteroatoms. The van der Waals surface area contributed by atoms with E-state index in [0.717, 1.165) is 24.6 Å². The molecule has 5 rings (SSSR count). The third kappa shape index (κ3) is 2.44. The molecule has 1 aromatic carbocycles. The van der Waals surface area contributed by atoms with Crippen molar-refractivity contribution in [2.24, 2.45) is 11.3 Å². The predicted octanol–water partition coefficient (Wildman–Crippen LogP) is 3.33. The molecular formula is C20H25N3O2. The van der Waals surface area contributed by atoms with Crippen molar-refractivity contribution < 1.29 is 9.47 Å². The van der Waals surface area contributed by atoms with Gasteiger partial charge in [0.2, 0.25) is 0 Å². The van der Waals surface area contributed by atoms with E-state index >= 15 is 0 Å². The van der Waals surface area contributed by atoms with Gasteiger partial charge in [0.25, 0.3) is 0 Å². The van der Waals surface area contributed by atoms with Crippen LogP contribution in [0.4, 0.5) is 5.69 Å². The minimum atomic E-state index is 0.380. The number of aromatic nitrogens is 2. The Hall–Kier alpha value is -2.01. The molecular weight excluding hydrogens is 314 g/mol. The molecule has 3 aliphatic rings. The second-order valence-electron chi connectivity index (χ2n) is 7.60. The van der Waals surface area contributed by atoms with Crippen LogP contribution in [0.2, 0.25) is 0 Å². The summed E-state index contributed by atoms with van der Waals surface area (Å²) < 4.78 is 14.1. The number of hydrogen-bond donors (Lipinski definition) is 1. The normalized spacial score (nSPS) is 28.9. The van der Waals surface area contributed by atoms with Crippen molar-refractivity contribution in [2.45, 2.75) is 44.4 Å². The summed E-state index contributed by atoms with van der Waals surface area (Å²) in [5.74, 6) is 1.61. The Balaban J connectivity index is 1.28. The minimum Gasteiger partial charge on any atom is -0.490 e. The van der Waals surface area contributed by atoms with E-state index in [9.17, 15) is 0 Å². The van der Waals surface area contributed by atoms with Gasteiger partial charge in [-0.1, -0.05) is 18.6 Å². The van der Waals surface area contributed by atoms with E-state index in [1.54, 1.807) is 6.20 Å². The molecule has 3 atom stereocenters. The molecule has 2 saturated carbocycles. The number of ether oxygens (including phenoxy) is 2. The summed E-state index contributed by atoms with van der Waals surface area (Å²) in [6, 6.07) is 8.86. The van der Waals surface area contributed by atoms with Crippen molar-refractivity contribution in [1.82, 2.24) is 9.55 Å². The van der Waals surface area contributed by atoms with Gasteiger partial charge in [0.15, 0.2) is 0 Å². The van der Waals surface area contributed by atoms with Gasteiger partial charge in [-0.3, -0.25) is 0 Å². The van der Waals surface area contributed by atoms with E-state index in [1.165, 1.54) is 25.7 Å². The van der Waals surface area contributed by atoms with Crippen LogP contribution in [0.5, 0.6) is 5.75 Å². The molecule has 0 radical (unpaired) electrons. The van der Waals surface area contributed by atoms with Crippen LogP contribution in [-0.4, -0.2) is 34.9 Å². The summed E-state index contributed by atoms with van der Waals surface area (Å²) in [6.45, 7) is 2.37. The average molecular weight is 339 g/mol. The molecule has 1 N–H and O–H groups in total. The highest BCUT2D eigenvalue weighted by molar-refractivity contribution is 5.58. The first-order valence-corrected chi connectivity index (χ1v) is 9.42. The Labute approximate surface area is 148 Å². The lowest BCUT2D eigenvalue weighted by molar-refractivity contribution is -0.158. The van der Waals surface area contributed by atoms with Crippen molar-refractivity contribution in [2.75, 3.05) is 18.5 Å². The molecule has 1 saturated heterocycles. The third-order valence-electron chi connectivity index (χ3n) is 6.40. The Kier molecular flexibility index (Phi) is 3.70. The SMILES string of the molecule is c1ccc(OCCn2ccnc2)c(N[C@@H]2[C@@H]3CCO[C@@H]3C23CCC3)c1. The number of anilines is 1. The predicted molar refractivity (Wildman–Crippen MR) is 95.7 cm³/mol. The second kappa shape index (κ2) is 6.06. The number of hydrogen-bond acceptors (Lipinski definition) is 4. The van der Waals surface area contributed by atoms with Gasteiger partial charge in [-0.25, -0.2) is 4.98 Å². The zero-order valence-corrected chi connectivity index (χ0v) is 14.4. The molecule has 0 amide bonds. The Morgan fingerprint density at radius 1 is 1.32 bits per heavy atom. The fourth-order valence-corrected chi connectivity index (χ4v) is 5.02. The summed E-state index contributed by atoms with van der Waals surface area (Å²) in [6.07, 6.45) is 11.2. The maximum atomic E-state index is 6.07. The van der Waals surface area contributed by atoms with Crippen molar-refractivity contribution in [3.63, 3.8) is 0 Å². The largest absolute Gasteiger partial charge is 0.490 e. The Morgan fingerprint density at radius 2 is 2.24 bits per heavy atom. The number of fused-ring (bicyclic) bond motifs is 2. The van der Waals surface area contributed by atoms with Crippen LogP contribution in [0.25, 0.3) is 0 Å². The summed E-state index contributed by atoms with van der Waals surface area (Å²) in [5, 5.41) is 3.83. The zero-order chi connectivity index (χ0) is 16.7. The molecule has 25 heavy (non-hydrogen) atoms. The topological polar surface area (TPSA) is 48.3 Å². The van der Waals surface area contributed by atoms with Gasteiger partial charge in [0, 0.05) is 36.4 Å². The van der Waals surface area contributed by atoms with Crippen LogP contribution in [0.15, 0.2) is 43.0 Å². The van der Waals surface area contributed by atoms with E-state index in [2.05, 4.69) is 28.5 Å².